The number of aromatic nitrogens is 2. The molecule has 1 atom stereocenters. The third kappa shape index (κ3) is 4.56. The van der Waals surface area contributed by atoms with Gasteiger partial charge in [0, 0.05) is 6.04 Å². The highest BCUT2D eigenvalue weighted by molar-refractivity contribution is 7.99. The number of hydrogen-bond donors (Lipinski definition) is 1. The predicted octanol–water partition coefficient (Wildman–Crippen LogP) is 4.44. The first-order valence-corrected chi connectivity index (χ1v) is 10.6. The molecule has 1 amide bonds. The number of halogens is 1. The van der Waals surface area contributed by atoms with Crippen LogP contribution < -0.4 is 10.9 Å². The molecule has 0 aliphatic rings. The van der Waals surface area contributed by atoms with Crippen molar-refractivity contribution in [3.8, 4) is 5.69 Å². The van der Waals surface area contributed by atoms with E-state index in [0.29, 0.717) is 26.8 Å². The predicted molar refractivity (Wildman–Crippen MR) is 116 cm³/mol. The molecule has 28 heavy (non-hydrogen) atoms. The summed E-state index contributed by atoms with van der Waals surface area (Å²) in [5.74, 6) is 0.0857. The summed E-state index contributed by atoms with van der Waals surface area (Å²) in [6.07, 6.45) is 1.93. The quantitative estimate of drug-likeness (QED) is 0.457. The van der Waals surface area contributed by atoms with E-state index in [-0.39, 0.29) is 23.3 Å². The standard InChI is InChI=1S/C21H22ClN3O2S/c1-3-8-14(2)23-19(26)13-28-21-24-17-11-6-4-9-15(17)20(27)25(21)18-12-7-5-10-16(18)22/h4-7,9-12,14H,3,8,13H2,1-2H3,(H,23,26). The van der Waals surface area contributed by atoms with Crippen LogP contribution in [0.15, 0.2) is 58.5 Å². The zero-order valence-electron chi connectivity index (χ0n) is 15.8. The second-order valence-electron chi connectivity index (χ2n) is 6.55. The second-order valence-corrected chi connectivity index (χ2v) is 7.90. The molecule has 0 saturated heterocycles. The van der Waals surface area contributed by atoms with E-state index in [0.717, 1.165) is 12.8 Å². The summed E-state index contributed by atoms with van der Waals surface area (Å²) in [5, 5.41) is 4.37. The highest BCUT2D eigenvalue weighted by Crippen LogP contribution is 2.25. The van der Waals surface area contributed by atoms with E-state index in [9.17, 15) is 9.59 Å². The third-order valence-corrected chi connectivity index (χ3v) is 5.56. The second kappa shape index (κ2) is 9.26. The van der Waals surface area contributed by atoms with E-state index < -0.39 is 0 Å². The molecule has 3 aromatic rings. The lowest BCUT2D eigenvalue weighted by Crippen LogP contribution is -2.34. The van der Waals surface area contributed by atoms with Crippen molar-refractivity contribution in [2.45, 2.75) is 37.9 Å². The van der Waals surface area contributed by atoms with Crippen molar-refractivity contribution in [3.63, 3.8) is 0 Å². The Morgan fingerprint density at radius 2 is 1.93 bits per heavy atom. The van der Waals surface area contributed by atoms with Crippen LogP contribution in [0.25, 0.3) is 16.6 Å². The largest absolute Gasteiger partial charge is 0.353 e. The van der Waals surface area contributed by atoms with Crippen LogP contribution in [0.3, 0.4) is 0 Å². The number of amides is 1. The first-order chi connectivity index (χ1) is 13.5. The van der Waals surface area contributed by atoms with Crippen LogP contribution >= 0.6 is 23.4 Å². The number of carbonyl (C=O) groups is 1. The SMILES string of the molecule is CCCC(C)NC(=O)CSc1nc2ccccc2c(=O)n1-c1ccccc1Cl. The minimum atomic E-state index is -0.207. The number of rotatable bonds is 7. The van der Waals surface area contributed by atoms with Crippen LogP contribution in [-0.2, 0) is 4.79 Å². The van der Waals surface area contributed by atoms with Crippen molar-refractivity contribution in [2.24, 2.45) is 0 Å². The summed E-state index contributed by atoms with van der Waals surface area (Å²) in [6, 6.07) is 14.4. The molecule has 7 heteroatoms. The zero-order valence-corrected chi connectivity index (χ0v) is 17.4. The Balaban J connectivity index is 1.99. The first-order valence-electron chi connectivity index (χ1n) is 9.20. The summed E-state index contributed by atoms with van der Waals surface area (Å²) in [4.78, 5) is 30.1. The lowest BCUT2D eigenvalue weighted by Gasteiger charge is -2.15. The van der Waals surface area contributed by atoms with Crippen molar-refractivity contribution >= 4 is 40.2 Å². The number of hydrogen-bond acceptors (Lipinski definition) is 4. The fourth-order valence-electron chi connectivity index (χ4n) is 3.01. The van der Waals surface area contributed by atoms with Gasteiger partial charge in [-0.05, 0) is 37.6 Å². The van der Waals surface area contributed by atoms with Crippen LogP contribution in [0.4, 0.5) is 0 Å². The van der Waals surface area contributed by atoms with Crippen molar-refractivity contribution in [1.29, 1.82) is 0 Å². The molecule has 0 spiro atoms. The maximum atomic E-state index is 13.2. The number of fused-ring (bicyclic) bond motifs is 1. The van der Waals surface area contributed by atoms with Gasteiger partial charge in [-0.1, -0.05) is 61.0 Å². The average Bonchev–Trinajstić information content (AvgIpc) is 2.67. The number of nitrogens with one attached hydrogen (secondary N) is 1. The van der Waals surface area contributed by atoms with E-state index in [1.807, 2.05) is 19.1 Å². The van der Waals surface area contributed by atoms with Gasteiger partial charge in [0.1, 0.15) is 0 Å². The Bertz CT molecular complexity index is 1050. The third-order valence-electron chi connectivity index (χ3n) is 4.30. The molecule has 0 saturated carbocycles. The van der Waals surface area contributed by atoms with Gasteiger partial charge < -0.3 is 5.32 Å². The van der Waals surface area contributed by atoms with Crippen LogP contribution in [0, 0.1) is 0 Å². The van der Waals surface area contributed by atoms with Gasteiger partial charge in [0.05, 0.1) is 27.4 Å². The van der Waals surface area contributed by atoms with Crippen LogP contribution in [0.2, 0.25) is 5.02 Å². The van der Waals surface area contributed by atoms with Crippen LogP contribution in [0.5, 0.6) is 0 Å². The van der Waals surface area contributed by atoms with E-state index in [1.54, 1.807) is 36.4 Å². The Hall–Kier alpha value is -2.31. The van der Waals surface area contributed by atoms with Crippen molar-refractivity contribution in [3.05, 3.63) is 63.9 Å². The number of para-hydroxylation sites is 2. The Morgan fingerprint density at radius 3 is 2.68 bits per heavy atom. The number of nitrogens with zero attached hydrogens (tertiary/aromatic N) is 2. The minimum Gasteiger partial charge on any atom is -0.353 e. The molecule has 3 rings (SSSR count). The van der Waals surface area contributed by atoms with Gasteiger partial charge in [-0.25, -0.2) is 4.98 Å². The van der Waals surface area contributed by atoms with E-state index in [2.05, 4.69) is 17.2 Å². The van der Waals surface area contributed by atoms with Gasteiger partial charge in [-0.2, -0.15) is 0 Å². The maximum absolute atomic E-state index is 13.2. The van der Waals surface area contributed by atoms with Crippen molar-refractivity contribution < 1.29 is 4.79 Å². The normalized spacial score (nSPS) is 12.1. The zero-order chi connectivity index (χ0) is 20.1. The van der Waals surface area contributed by atoms with E-state index >= 15 is 0 Å². The Kier molecular flexibility index (Phi) is 6.75. The molecule has 0 aliphatic carbocycles. The molecule has 0 radical (unpaired) electrons. The molecule has 0 bridgehead atoms. The Labute approximate surface area is 173 Å². The van der Waals surface area contributed by atoms with E-state index in [4.69, 9.17) is 11.6 Å². The molecule has 5 nitrogen and oxygen atoms in total. The van der Waals surface area contributed by atoms with Gasteiger partial charge >= 0.3 is 0 Å². The number of carbonyl (C=O) groups excluding carboxylic acids is 1. The minimum absolute atomic E-state index is 0.0842. The molecule has 1 N–H and O–H groups in total. The summed E-state index contributed by atoms with van der Waals surface area (Å²) in [5.41, 5.74) is 0.939. The highest BCUT2D eigenvalue weighted by Gasteiger charge is 2.16. The van der Waals surface area contributed by atoms with Crippen LogP contribution in [-0.4, -0.2) is 27.3 Å². The maximum Gasteiger partial charge on any atom is 0.266 e. The summed E-state index contributed by atoms with van der Waals surface area (Å²) in [7, 11) is 0. The molecule has 0 aliphatic heterocycles. The Morgan fingerprint density at radius 1 is 1.21 bits per heavy atom. The highest BCUT2D eigenvalue weighted by atomic mass is 35.5. The molecule has 1 unspecified atom stereocenters. The molecule has 146 valence electrons. The van der Waals surface area contributed by atoms with Gasteiger partial charge in [0.2, 0.25) is 5.91 Å². The topological polar surface area (TPSA) is 64.0 Å². The first kappa shape index (κ1) is 20.4. The number of thioether (sulfide) groups is 1. The van der Waals surface area contributed by atoms with Gasteiger partial charge in [0.15, 0.2) is 5.16 Å². The fourth-order valence-corrected chi connectivity index (χ4v) is 4.04. The summed E-state index contributed by atoms with van der Waals surface area (Å²) < 4.78 is 1.48. The van der Waals surface area contributed by atoms with Gasteiger partial charge in [-0.3, -0.25) is 14.2 Å². The van der Waals surface area contributed by atoms with E-state index in [1.165, 1.54) is 16.3 Å². The average molecular weight is 416 g/mol. The molecule has 0 fully saturated rings. The monoisotopic (exact) mass is 415 g/mol. The molecule has 2 aromatic carbocycles. The fraction of sp³-hybridized carbons (Fsp3) is 0.286. The molecule has 1 aromatic heterocycles. The molecular weight excluding hydrogens is 394 g/mol. The van der Waals surface area contributed by atoms with Crippen molar-refractivity contribution in [2.75, 3.05) is 5.75 Å². The van der Waals surface area contributed by atoms with Gasteiger partial charge in [-0.15, -0.1) is 0 Å². The van der Waals surface area contributed by atoms with Crippen LogP contribution in [0.1, 0.15) is 26.7 Å². The summed E-state index contributed by atoms with van der Waals surface area (Å²) >= 11 is 7.57. The smallest absolute Gasteiger partial charge is 0.266 e. The van der Waals surface area contributed by atoms with Crippen molar-refractivity contribution in [1.82, 2.24) is 14.9 Å². The lowest BCUT2D eigenvalue weighted by atomic mass is 10.2. The summed E-state index contributed by atoms with van der Waals surface area (Å²) in [6.45, 7) is 4.07. The molecular formula is C21H22ClN3O2S. The molecule has 1 heterocycles. The lowest BCUT2D eigenvalue weighted by molar-refractivity contribution is -0.119. The van der Waals surface area contributed by atoms with Gasteiger partial charge in [0.25, 0.3) is 5.56 Å². The number of benzene rings is 2.